The van der Waals surface area contributed by atoms with Crippen LogP contribution in [0.15, 0.2) is 47.8 Å². The van der Waals surface area contributed by atoms with Crippen LogP contribution in [0.3, 0.4) is 0 Å². The summed E-state index contributed by atoms with van der Waals surface area (Å²) in [7, 11) is 0. The minimum atomic E-state index is 0. The average molecular weight is 462 g/mol. The first-order valence-corrected chi connectivity index (χ1v) is 11.0. The molecule has 0 atom stereocenters. The smallest absolute Gasteiger partial charge is 0.708 e. The summed E-state index contributed by atoms with van der Waals surface area (Å²) in [6, 6.07) is 8.54. The molecule has 0 spiro atoms. The number of piperidine rings is 1. The standard InChI is InChI=1S/C16H9N7O.C9H18N.Li/c17-20-11-3-10(6-18-7-11)12-2-1-9(4-16(12)24)13-5-14-15(8-19-13)22-23-21-14;1-8(2)6-5-7-9(3,4)10-8;/h1-6,8,24H,(H,21,22,23);5,10H,6-7H2,1-4H3;/q-2;-1;+1. The monoisotopic (exact) mass is 462 g/mol. The molecule has 0 unspecified atom stereocenters. The maximum atomic E-state index is 10.3. The van der Waals surface area contributed by atoms with Crippen LogP contribution >= 0.6 is 0 Å². The van der Waals surface area contributed by atoms with E-state index in [1.807, 2.05) is 6.07 Å². The normalized spacial score (nSPS) is 16.0. The van der Waals surface area contributed by atoms with Gasteiger partial charge in [-0.3, -0.25) is 4.98 Å². The molecule has 176 valence electrons. The van der Waals surface area contributed by atoms with Crippen molar-refractivity contribution in [2.45, 2.75) is 51.6 Å². The molecule has 0 saturated carbocycles. The van der Waals surface area contributed by atoms with E-state index in [0.29, 0.717) is 38.9 Å². The number of aromatic hydroxyl groups is 1. The molecule has 0 bridgehead atoms. The van der Waals surface area contributed by atoms with Crippen molar-refractivity contribution in [1.82, 2.24) is 30.7 Å². The van der Waals surface area contributed by atoms with Crippen molar-refractivity contribution in [3.05, 3.63) is 60.9 Å². The first kappa shape index (κ1) is 26.5. The maximum absolute atomic E-state index is 10.3. The third kappa shape index (κ3) is 6.51. The third-order valence-corrected chi connectivity index (χ3v) is 5.58. The van der Waals surface area contributed by atoms with Crippen molar-refractivity contribution in [1.29, 1.82) is 0 Å². The maximum Gasteiger partial charge on any atom is 1.00 e. The van der Waals surface area contributed by atoms with Crippen molar-refractivity contribution in [3.63, 3.8) is 0 Å². The van der Waals surface area contributed by atoms with Crippen LogP contribution in [0.1, 0.15) is 40.5 Å². The Labute approximate surface area is 216 Å². The minimum absolute atomic E-state index is 0. The Morgan fingerprint density at radius 2 is 1.71 bits per heavy atom. The number of hydrogen-bond acceptors (Lipinski definition) is 7. The second-order valence-corrected chi connectivity index (χ2v) is 9.66. The van der Waals surface area contributed by atoms with E-state index >= 15 is 0 Å². The molecule has 9 nitrogen and oxygen atoms in total. The Kier molecular flexibility index (Phi) is 8.06. The number of aromatic nitrogens is 5. The fourth-order valence-electron chi connectivity index (χ4n) is 4.23. The third-order valence-electron chi connectivity index (χ3n) is 5.58. The van der Waals surface area contributed by atoms with Crippen molar-refractivity contribution < 1.29 is 24.0 Å². The van der Waals surface area contributed by atoms with Gasteiger partial charge in [-0.2, -0.15) is 28.3 Å². The number of phenols is 1. The molecule has 3 aromatic heterocycles. The molecule has 3 N–H and O–H groups in total. The molecule has 1 aliphatic heterocycles. The fraction of sp³-hybridized carbons (Fsp3) is 0.320. The van der Waals surface area contributed by atoms with Gasteiger partial charge in [0.1, 0.15) is 16.8 Å². The Morgan fingerprint density at radius 1 is 1.00 bits per heavy atom. The van der Waals surface area contributed by atoms with E-state index < -0.39 is 0 Å². The molecule has 1 aromatic carbocycles. The zero-order valence-corrected chi connectivity index (χ0v) is 20.7. The van der Waals surface area contributed by atoms with Gasteiger partial charge < -0.3 is 32.5 Å². The molecule has 35 heavy (non-hydrogen) atoms. The van der Waals surface area contributed by atoms with Gasteiger partial charge in [-0.1, -0.05) is 30.2 Å². The number of fused-ring (bicyclic) bond motifs is 1. The van der Waals surface area contributed by atoms with E-state index in [2.05, 4.69) is 76.1 Å². The van der Waals surface area contributed by atoms with E-state index in [0.717, 1.165) is 5.56 Å². The second-order valence-electron chi connectivity index (χ2n) is 9.66. The van der Waals surface area contributed by atoms with Crippen LogP contribution in [0, 0.1) is 12.6 Å². The molecule has 10 heteroatoms. The van der Waals surface area contributed by atoms with Crippen LogP contribution in [0.4, 0.5) is 5.69 Å². The Morgan fingerprint density at radius 3 is 2.34 bits per heavy atom. The number of rotatable bonds is 3. The molecule has 1 fully saturated rings. The number of nitrogens with one attached hydrogen (secondary N) is 2. The number of pyridine rings is 2. The molecule has 5 rings (SSSR count). The molecule has 4 aromatic rings. The zero-order valence-electron chi connectivity index (χ0n) is 20.7. The quantitative estimate of drug-likeness (QED) is 0.243. The van der Waals surface area contributed by atoms with Crippen molar-refractivity contribution in [2.24, 2.45) is 5.11 Å². The predicted octanol–water partition coefficient (Wildman–Crippen LogP) is 2.38. The summed E-state index contributed by atoms with van der Waals surface area (Å²) in [5.41, 5.74) is 13.6. The van der Waals surface area contributed by atoms with Crippen molar-refractivity contribution >= 4 is 16.7 Å². The fourth-order valence-corrected chi connectivity index (χ4v) is 4.23. The minimum Gasteiger partial charge on any atom is -0.708 e. The van der Waals surface area contributed by atoms with Crippen LogP contribution in [-0.4, -0.2) is 41.6 Å². The van der Waals surface area contributed by atoms with Crippen molar-refractivity contribution in [2.75, 3.05) is 0 Å². The molecule has 1 aliphatic rings. The molecule has 0 aliphatic carbocycles. The molecule has 1 saturated heterocycles. The largest absolute Gasteiger partial charge is 1.00 e. The van der Waals surface area contributed by atoms with Gasteiger partial charge in [0.05, 0.1) is 11.9 Å². The zero-order chi connectivity index (χ0) is 24.3. The van der Waals surface area contributed by atoms with E-state index in [1.165, 1.54) is 19.0 Å². The first-order valence-electron chi connectivity index (χ1n) is 11.0. The van der Waals surface area contributed by atoms with E-state index in [1.54, 1.807) is 30.5 Å². The Balaban J connectivity index is 0.000000264. The van der Waals surface area contributed by atoms with Crippen LogP contribution in [0.25, 0.3) is 38.9 Å². The summed E-state index contributed by atoms with van der Waals surface area (Å²) < 4.78 is 0. The van der Waals surface area contributed by atoms with Gasteiger partial charge in [-0.05, 0) is 50.9 Å². The molecule has 0 radical (unpaired) electrons. The van der Waals surface area contributed by atoms with Crippen LogP contribution in [0.5, 0.6) is 5.75 Å². The molecular formula is C25H27LiN8O-2. The molecule has 0 amide bonds. The van der Waals surface area contributed by atoms with Gasteiger partial charge in [0.25, 0.3) is 0 Å². The number of aromatic amines is 1. The average Bonchev–Trinajstić information content (AvgIpc) is 3.26. The number of benzene rings is 1. The summed E-state index contributed by atoms with van der Waals surface area (Å²) in [4.78, 5) is 8.18. The van der Waals surface area contributed by atoms with Gasteiger partial charge in [0, 0.05) is 11.1 Å². The molecule has 4 heterocycles. The van der Waals surface area contributed by atoms with E-state index in [-0.39, 0.29) is 30.3 Å². The predicted molar refractivity (Wildman–Crippen MR) is 131 cm³/mol. The SMILES string of the molecule is CC1(C)C[CH-]CC(C)(C)N1.[Li+].[N-]=Nc1[c-]ncc(-c2ccc(-c3cc4n[nH]nc4cn3)cc2O)c1. The van der Waals surface area contributed by atoms with Gasteiger partial charge >= 0.3 is 18.9 Å². The van der Waals surface area contributed by atoms with Crippen LogP contribution in [-0.2, 0) is 0 Å². The Bertz CT molecular complexity index is 1300. The summed E-state index contributed by atoms with van der Waals surface area (Å²) in [5, 5.41) is 27.5. The first-order chi connectivity index (χ1) is 16.2. The summed E-state index contributed by atoms with van der Waals surface area (Å²) in [6.45, 7) is 9.02. The Hall–Kier alpha value is -3.12. The number of H-pyrrole nitrogens is 1. The summed E-state index contributed by atoms with van der Waals surface area (Å²) >= 11 is 0. The van der Waals surface area contributed by atoms with Gasteiger partial charge in [-0.15, -0.1) is 11.6 Å². The van der Waals surface area contributed by atoms with Crippen molar-refractivity contribution in [3.8, 4) is 28.1 Å². The van der Waals surface area contributed by atoms with Crippen LogP contribution in [0.2, 0.25) is 0 Å². The second kappa shape index (κ2) is 10.6. The number of phenolic OH excluding ortho intramolecular Hbond substituents is 1. The molecular weight excluding hydrogens is 435 g/mol. The summed E-state index contributed by atoms with van der Waals surface area (Å²) in [5.74, 6) is 0.0615. The van der Waals surface area contributed by atoms with E-state index in [4.69, 9.17) is 5.53 Å². The number of nitrogens with zero attached hydrogens (tertiary/aromatic N) is 6. The van der Waals surface area contributed by atoms with Gasteiger partial charge in [-0.25, -0.2) is 0 Å². The summed E-state index contributed by atoms with van der Waals surface area (Å²) in [6.07, 6.45) is 10.4. The van der Waals surface area contributed by atoms with Crippen LogP contribution < -0.4 is 24.2 Å². The van der Waals surface area contributed by atoms with E-state index in [9.17, 15) is 5.11 Å². The topological polar surface area (TPSA) is 134 Å². The van der Waals surface area contributed by atoms with Gasteiger partial charge in [0.15, 0.2) is 0 Å². The van der Waals surface area contributed by atoms with Gasteiger partial charge in [0.2, 0.25) is 0 Å². The number of hydrogen-bond donors (Lipinski definition) is 3.